The van der Waals surface area contributed by atoms with E-state index in [0.717, 1.165) is 12.1 Å². The number of anilines is 2. The Balaban J connectivity index is 1.56. The van der Waals surface area contributed by atoms with Crippen molar-refractivity contribution in [1.29, 1.82) is 0 Å². The number of halogens is 6. The van der Waals surface area contributed by atoms with E-state index in [1.807, 2.05) is 0 Å². The lowest BCUT2D eigenvalue weighted by molar-refractivity contribution is -0.140. The molecule has 12 heteroatoms. The average molecular weight is 511 g/mol. The van der Waals surface area contributed by atoms with Gasteiger partial charge in [0, 0.05) is 23.9 Å². The first-order valence-corrected chi connectivity index (χ1v) is 11.4. The van der Waals surface area contributed by atoms with Crippen LogP contribution in [0, 0.1) is 12.3 Å². The highest BCUT2D eigenvalue weighted by Crippen LogP contribution is 2.44. The number of nitrogens with one attached hydrogen (secondary N) is 1. The van der Waals surface area contributed by atoms with Gasteiger partial charge >= 0.3 is 12.4 Å². The summed E-state index contributed by atoms with van der Waals surface area (Å²) in [4.78, 5) is 5.65. The summed E-state index contributed by atoms with van der Waals surface area (Å²) in [5.74, 6) is 0.142. The van der Waals surface area contributed by atoms with Crippen LogP contribution >= 0.6 is 0 Å². The van der Waals surface area contributed by atoms with Crippen LogP contribution in [-0.2, 0) is 17.1 Å². The van der Waals surface area contributed by atoms with Crippen LogP contribution in [0.25, 0.3) is 10.9 Å². The second kappa shape index (κ2) is 8.46. The second-order valence-electron chi connectivity index (χ2n) is 9.54. The minimum Gasteiger partial charge on any atom is -0.380 e. The van der Waals surface area contributed by atoms with Gasteiger partial charge in [0.15, 0.2) is 11.5 Å². The number of benzene rings is 1. The van der Waals surface area contributed by atoms with Gasteiger partial charge in [0.05, 0.1) is 41.7 Å². The molecule has 2 saturated heterocycles. The van der Waals surface area contributed by atoms with Gasteiger partial charge in [-0.3, -0.25) is 0 Å². The topological polar surface area (TPSA) is 63.2 Å². The van der Waals surface area contributed by atoms with Gasteiger partial charge < -0.3 is 15.0 Å². The smallest absolute Gasteiger partial charge is 0.380 e. The summed E-state index contributed by atoms with van der Waals surface area (Å²) in [6.07, 6.45) is -8.48. The second-order valence-corrected chi connectivity index (χ2v) is 9.54. The van der Waals surface area contributed by atoms with Crippen LogP contribution < -0.4 is 10.2 Å². The lowest BCUT2D eigenvalue weighted by Crippen LogP contribution is -2.44. The van der Waals surface area contributed by atoms with Gasteiger partial charge in [-0.15, -0.1) is 5.10 Å². The number of hydrogen-bond donors (Lipinski definition) is 1. The summed E-state index contributed by atoms with van der Waals surface area (Å²) in [5, 5.41) is 11.4. The minimum atomic E-state index is -4.69. The molecule has 0 saturated carbocycles. The van der Waals surface area contributed by atoms with E-state index in [1.165, 1.54) is 25.1 Å². The molecule has 0 unspecified atom stereocenters. The first kappa shape index (κ1) is 24.5. The maximum Gasteiger partial charge on any atom is 0.435 e. The Morgan fingerprint density at radius 2 is 1.81 bits per heavy atom. The van der Waals surface area contributed by atoms with E-state index in [0.29, 0.717) is 43.7 Å². The number of alkyl halides is 6. The normalized spacial score (nSPS) is 18.5. The van der Waals surface area contributed by atoms with Gasteiger partial charge in [0.25, 0.3) is 0 Å². The zero-order chi connectivity index (χ0) is 25.9. The number of aryl methyl sites for hydroxylation is 1. The van der Waals surface area contributed by atoms with Crippen LogP contribution in [0.15, 0.2) is 30.3 Å². The van der Waals surface area contributed by atoms with Gasteiger partial charge in [-0.05, 0) is 44.0 Å². The number of fused-ring (bicyclic) bond motifs is 1. The lowest BCUT2D eigenvalue weighted by atomic mass is 9.85. The third-order valence-corrected chi connectivity index (χ3v) is 6.83. The Morgan fingerprint density at radius 1 is 1.06 bits per heavy atom. The largest absolute Gasteiger partial charge is 0.435 e. The van der Waals surface area contributed by atoms with Gasteiger partial charge in [-0.1, -0.05) is 12.1 Å². The van der Waals surface area contributed by atoms with E-state index in [1.54, 1.807) is 11.8 Å². The number of ether oxygens (including phenoxy) is 1. The fourth-order valence-corrected chi connectivity index (χ4v) is 4.78. The van der Waals surface area contributed by atoms with Crippen molar-refractivity contribution >= 4 is 22.4 Å². The fourth-order valence-electron chi connectivity index (χ4n) is 4.78. The molecule has 2 aliphatic rings. The molecule has 0 amide bonds. The molecular weight excluding hydrogens is 488 g/mol. The van der Waals surface area contributed by atoms with E-state index in [-0.39, 0.29) is 28.1 Å². The van der Waals surface area contributed by atoms with Crippen molar-refractivity contribution in [3.8, 4) is 0 Å². The first-order valence-electron chi connectivity index (χ1n) is 11.4. The molecule has 2 aromatic heterocycles. The Bertz CT molecular complexity index is 1300. The van der Waals surface area contributed by atoms with E-state index < -0.39 is 29.7 Å². The molecule has 192 valence electrons. The molecule has 36 heavy (non-hydrogen) atoms. The highest BCUT2D eigenvalue weighted by molar-refractivity contribution is 5.93. The highest BCUT2D eigenvalue weighted by Gasteiger charge is 2.47. The zero-order valence-electron chi connectivity index (χ0n) is 19.5. The molecule has 2 fully saturated rings. The number of pyridine rings is 1. The lowest BCUT2D eigenvalue weighted by Gasteiger charge is -2.38. The van der Waals surface area contributed by atoms with Crippen LogP contribution in [0.2, 0.25) is 0 Å². The highest BCUT2D eigenvalue weighted by atomic mass is 19.4. The van der Waals surface area contributed by atoms with Crippen molar-refractivity contribution in [2.24, 2.45) is 5.41 Å². The summed E-state index contributed by atoms with van der Waals surface area (Å²) in [6, 6.07) is 5.61. The number of hydrogen-bond acceptors (Lipinski definition) is 6. The Hall–Kier alpha value is -3.15. The number of nitrogens with zero attached hydrogens (tertiary/aromatic N) is 4. The molecule has 0 aliphatic carbocycles. The Kier molecular flexibility index (Phi) is 5.77. The summed E-state index contributed by atoms with van der Waals surface area (Å²) >= 11 is 0. The van der Waals surface area contributed by atoms with Crippen molar-refractivity contribution in [1.82, 2.24) is 15.2 Å². The predicted octanol–water partition coefficient (Wildman–Crippen LogP) is 5.77. The number of rotatable bonds is 4. The standard InChI is InChI=1S/C24H23F6N5O/c1-13(15-4-3-5-16(8-15)23(25,26)27)31-21-17-9-18(35-7-6-22(10-35)11-36-12-22)20(24(28,29)30)32-19(17)14(2)33-34-21/h3-5,8-9,13H,6-7,10-12H2,1-2H3,(H,31,34)/t13-/m1/s1. The molecule has 0 bridgehead atoms. The van der Waals surface area contributed by atoms with Crippen molar-refractivity contribution in [2.75, 3.05) is 36.5 Å². The van der Waals surface area contributed by atoms with Crippen molar-refractivity contribution < 1.29 is 31.1 Å². The Morgan fingerprint density at radius 3 is 2.42 bits per heavy atom. The minimum absolute atomic E-state index is 0.0284. The molecule has 6 nitrogen and oxygen atoms in total. The molecule has 1 N–H and O–H groups in total. The van der Waals surface area contributed by atoms with Crippen LogP contribution in [0.1, 0.15) is 41.9 Å². The first-order chi connectivity index (χ1) is 16.9. The maximum absolute atomic E-state index is 14.1. The summed E-state index contributed by atoms with van der Waals surface area (Å²) < 4.78 is 87.0. The predicted molar refractivity (Wildman–Crippen MR) is 121 cm³/mol. The van der Waals surface area contributed by atoms with Crippen LogP contribution in [0.5, 0.6) is 0 Å². The molecule has 1 spiro atoms. The van der Waals surface area contributed by atoms with Gasteiger partial charge in [-0.2, -0.15) is 31.4 Å². The van der Waals surface area contributed by atoms with Crippen LogP contribution in [-0.4, -0.2) is 41.5 Å². The Labute approximate surface area is 202 Å². The van der Waals surface area contributed by atoms with E-state index in [2.05, 4.69) is 20.5 Å². The van der Waals surface area contributed by atoms with E-state index >= 15 is 0 Å². The molecular formula is C24H23F6N5O. The third-order valence-electron chi connectivity index (χ3n) is 6.83. The summed E-state index contributed by atoms with van der Waals surface area (Å²) in [6.45, 7) is 5.03. The van der Waals surface area contributed by atoms with Crippen molar-refractivity contribution in [2.45, 2.75) is 38.7 Å². The van der Waals surface area contributed by atoms with Crippen LogP contribution in [0.4, 0.5) is 37.8 Å². The van der Waals surface area contributed by atoms with E-state index in [9.17, 15) is 26.3 Å². The summed E-state index contributed by atoms with van der Waals surface area (Å²) in [7, 11) is 0. The SMILES string of the molecule is Cc1nnc(N[C@H](C)c2cccc(C(F)(F)F)c2)c2cc(N3CCC4(COC4)C3)c(C(F)(F)F)nc12. The average Bonchev–Trinajstić information content (AvgIpc) is 3.26. The van der Waals surface area contributed by atoms with E-state index in [4.69, 9.17) is 4.74 Å². The van der Waals surface area contributed by atoms with Crippen molar-refractivity contribution in [3.05, 3.63) is 52.8 Å². The zero-order valence-corrected chi connectivity index (χ0v) is 19.5. The summed E-state index contributed by atoms with van der Waals surface area (Å²) in [5.41, 5.74) is -1.42. The molecule has 1 aromatic carbocycles. The van der Waals surface area contributed by atoms with Crippen molar-refractivity contribution in [3.63, 3.8) is 0 Å². The fraction of sp³-hybridized carbons (Fsp3) is 0.458. The molecule has 0 radical (unpaired) electrons. The number of aromatic nitrogens is 3. The molecule has 1 atom stereocenters. The van der Waals surface area contributed by atoms with Gasteiger partial charge in [0.2, 0.25) is 0 Å². The van der Waals surface area contributed by atoms with Gasteiger partial charge in [0.1, 0.15) is 0 Å². The molecule has 5 rings (SSSR count). The molecule has 2 aliphatic heterocycles. The maximum atomic E-state index is 14.1. The van der Waals surface area contributed by atoms with Gasteiger partial charge in [-0.25, -0.2) is 4.98 Å². The molecule has 3 aromatic rings. The third kappa shape index (κ3) is 4.42. The van der Waals surface area contributed by atoms with Crippen LogP contribution in [0.3, 0.4) is 0 Å². The molecule has 4 heterocycles. The monoisotopic (exact) mass is 511 g/mol. The quantitative estimate of drug-likeness (QED) is 0.449.